The van der Waals surface area contributed by atoms with Crippen molar-refractivity contribution in [3.63, 3.8) is 0 Å². The summed E-state index contributed by atoms with van der Waals surface area (Å²) in [7, 11) is 3.14. The van der Waals surface area contributed by atoms with Crippen LogP contribution in [0, 0.1) is 11.8 Å². The molecule has 6 heteroatoms. The van der Waals surface area contributed by atoms with E-state index in [9.17, 15) is 9.59 Å². The Morgan fingerprint density at radius 2 is 1.88 bits per heavy atom. The zero-order valence-corrected chi connectivity index (χ0v) is 14.8. The highest BCUT2D eigenvalue weighted by molar-refractivity contribution is 5.98. The predicted octanol–water partition coefficient (Wildman–Crippen LogP) is 2.30. The molecule has 132 valence electrons. The highest BCUT2D eigenvalue weighted by atomic mass is 16.6. The van der Waals surface area contributed by atoms with Crippen LogP contribution in [0.15, 0.2) is 18.2 Å². The van der Waals surface area contributed by atoms with Crippen LogP contribution in [0.4, 0.5) is 0 Å². The van der Waals surface area contributed by atoms with Gasteiger partial charge in [0.2, 0.25) is 5.60 Å². The van der Waals surface area contributed by atoms with E-state index in [1.165, 1.54) is 0 Å². The molecule has 1 amide bonds. The van der Waals surface area contributed by atoms with Crippen LogP contribution in [0.25, 0.3) is 0 Å². The molecule has 0 unspecified atom stereocenters. The van der Waals surface area contributed by atoms with Gasteiger partial charge in [-0.05, 0) is 30.5 Å². The second kappa shape index (κ2) is 7.11. The molecule has 1 aliphatic rings. The number of cyclic esters (lactones) is 1. The summed E-state index contributed by atoms with van der Waals surface area (Å²) in [6.45, 7) is 5.93. The third-order valence-electron chi connectivity index (χ3n) is 4.69. The number of ether oxygens (including phenoxy) is 3. The van der Waals surface area contributed by atoms with Crippen molar-refractivity contribution in [1.29, 1.82) is 0 Å². The van der Waals surface area contributed by atoms with Crippen molar-refractivity contribution in [2.75, 3.05) is 14.2 Å². The topological polar surface area (TPSA) is 73.9 Å². The average molecular weight is 335 g/mol. The SMILES string of the molecule is CC[C@H](C)[C@@H]1C(=O)O[C@@]1(C)C(=O)NCc1cc(OC)cc(OC)c1. The number of esters is 1. The van der Waals surface area contributed by atoms with E-state index < -0.39 is 11.5 Å². The lowest BCUT2D eigenvalue weighted by Crippen LogP contribution is -2.65. The Morgan fingerprint density at radius 1 is 1.29 bits per heavy atom. The molecule has 0 aliphatic carbocycles. The first kappa shape index (κ1) is 18.1. The predicted molar refractivity (Wildman–Crippen MR) is 88.8 cm³/mol. The Labute approximate surface area is 142 Å². The normalized spacial score (nSPS) is 23.7. The zero-order chi connectivity index (χ0) is 17.9. The highest BCUT2D eigenvalue weighted by Crippen LogP contribution is 2.40. The second-order valence-electron chi connectivity index (χ2n) is 6.29. The number of rotatable bonds is 7. The van der Waals surface area contributed by atoms with Gasteiger partial charge in [-0.1, -0.05) is 20.3 Å². The van der Waals surface area contributed by atoms with Crippen molar-refractivity contribution in [1.82, 2.24) is 5.32 Å². The quantitative estimate of drug-likeness (QED) is 0.774. The van der Waals surface area contributed by atoms with Crippen LogP contribution in [0.3, 0.4) is 0 Å². The van der Waals surface area contributed by atoms with E-state index in [0.717, 1.165) is 12.0 Å². The van der Waals surface area contributed by atoms with E-state index in [-0.39, 0.29) is 17.8 Å². The molecule has 1 aromatic rings. The lowest BCUT2D eigenvalue weighted by molar-refractivity contribution is -0.216. The summed E-state index contributed by atoms with van der Waals surface area (Å²) in [5.74, 6) is 0.412. The zero-order valence-electron chi connectivity index (χ0n) is 14.8. The minimum Gasteiger partial charge on any atom is -0.497 e. The van der Waals surface area contributed by atoms with Crippen molar-refractivity contribution in [2.24, 2.45) is 11.8 Å². The fourth-order valence-corrected chi connectivity index (χ4v) is 3.03. The van der Waals surface area contributed by atoms with Gasteiger partial charge in [-0.3, -0.25) is 9.59 Å². The van der Waals surface area contributed by atoms with Crippen molar-refractivity contribution < 1.29 is 23.8 Å². The molecule has 0 bridgehead atoms. The number of benzene rings is 1. The van der Waals surface area contributed by atoms with E-state index in [1.54, 1.807) is 27.2 Å². The van der Waals surface area contributed by atoms with Crippen molar-refractivity contribution in [2.45, 2.75) is 39.3 Å². The molecule has 1 heterocycles. The van der Waals surface area contributed by atoms with Gasteiger partial charge in [-0.2, -0.15) is 0 Å². The molecule has 0 aromatic heterocycles. The number of nitrogens with one attached hydrogen (secondary N) is 1. The van der Waals surface area contributed by atoms with Crippen molar-refractivity contribution >= 4 is 11.9 Å². The van der Waals surface area contributed by atoms with Gasteiger partial charge in [0.1, 0.15) is 17.4 Å². The molecule has 0 spiro atoms. The molecular formula is C18H25NO5. The van der Waals surface area contributed by atoms with E-state index in [1.807, 2.05) is 26.0 Å². The van der Waals surface area contributed by atoms with E-state index >= 15 is 0 Å². The Hall–Kier alpha value is -2.24. The molecule has 1 aromatic carbocycles. The van der Waals surface area contributed by atoms with Crippen molar-refractivity contribution in [3.8, 4) is 11.5 Å². The maximum Gasteiger partial charge on any atom is 0.314 e. The minimum atomic E-state index is -1.10. The summed E-state index contributed by atoms with van der Waals surface area (Å²) >= 11 is 0. The van der Waals surface area contributed by atoms with Crippen LogP contribution in [-0.4, -0.2) is 31.7 Å². The summed E-state index contributed by atoms with van der Waals surface area (Å²) in [5, 5.41) is 2.85. The molecule has 6 nitrogen and oxygen atoms in total. The Morgan fingerprint density at radius 3 is 2.33 bits per heavy atom. The van der Waals surface area contributed by atoms with E-state index in [4.69, 9.17) is 14.2 Å². The standard InChI is InChI=1S/C18H25NO5/c1-6-11(2)15-16(20)24-18(15,3)17(21)19-10-12-7-13(22-4)9-14(8-12)23-5/h7-9,11,15H,6,10H2,1-5H3,(H,19,21)/t11-,15+,18+/m0/s1. The molecule has 1 aliphatic heterocycles. The Bertz CT molecular complexity index is 608. The summed E-state index contributed by atoms with van der Waals surface area (Å²) in [4.78, 5) is 24.3. The first-order valence-electron chi connectivity index (χ1n) is 8.08. The largest absolute Gasteiger partial charge is 0.497 e. The number of methoxy groups -OCH3 is 2. The van der Waals surface area contributed by atoms with Gasteiger partial charge in [-0.25, -0.2) is 0 Å². The van der Waals surface area contributed by atoms with Gasteiger partial charge in [0.05, 0.1) is 14.2 Å². The maximum atomic E-state index is 12.6. The van der Waals surface area contributed by atoms with E-state index in [2.05, 4.69) is 5.32 Å². The molecule has 0 saturated carbocycles. The summed E-state index contributed by atoms with van der Waals surface area (Å²) in [5.41, 5.74) is -0.260. The van der Waals surface area contributed by atoms with Crippen LogP contribution in [0.2, 0.25) is 0 Å². The monoisotopic (exact) mass is 335 g/mol. The average Bonchev–Trinajstić information content (AvgIpc) is 2.58. The van der Waals surface area contributed by atoms with Crippen molar-refractivity contribution in [3.05, 3.63) is 23.8 Å². The van der Waals surface area contributed by atoms with Gasteiger partial charge < -0.3 is 19.5 Å². The first-order chi connectivity index (χ1) is 11.3. The highest BCUT2D eigenvalue weighted by Gasteiger charge is 2.59. The Kier molecular flexibility index (Phi) is 5.36. The number of carbonyl (C=O) groups is 2. The molecule has 0 radical (unpaired) electrons. The third-order valence-corrected chi connectivity index (χ3v) is 4.69. The molecule has 1 N–H and O–H groups in total. The van der Waals surface area contributed by atoms with Gasteiger partial charge in [-0.15, -0.1) is 0 Å². The molecule has 2 rings (SSSR count). The summed E-state index contributed by atoms with van der Waals surface area (Å²) in [6, 6.07) is 5.41. The third kappa shape index (κ3) is 3.32. The fourth-order valence-electron chi connectivity index (χ4n) is 3.03. The van der Waals surface area contributed by atoms with Gasteiger partial charge >= 0.3 is 5.97 Å². The lowest BCUT2D eigenvalue weighted by Gasteiger charge is -2.46. The van der Waals surface area contributed by atoms with E-state index in [0.29, 0.717) is 18.0 Å². The van der Waals surface area contributed by atoms with Crippen LogP contribution in [-0.2, 0) is 20.9 Å². The minimum absolute atomic E-state index is 0.0962. The molecular weight excluding hydrogens is 310 g/mol. The number of carbonyl (C=O) groups excluding carboxylic acids is 2. The molecule has 1 fully saturated rings. The first-order valence-corrected chi connectivity index (χ1v) is 8.08. The number of hydrogen-bond acceptors (Lipinski definition) is 5. The van der Waals surface area contributed by atoms with Crippen LogP contribution >= 0.6 is 0 Å². The Balaban J connectivity index is 2.07. The van der Waals surface area contributed by atoms with Gasteiger partial charge in [0.25, 0.3) is 5.91 Å². The van der Waals surface area contributed by atoms with Gasteiger partial charge in [0.15, 0.2) is 0 Å². The molecule has 1 saturated heterocycles. The summed E-state index contributed by atoms with van der Waals surface area (Å²) in [6.07, 6.45) is 0.815. The number of amides is 1. The number of hydrogen-bond donors (Lipinski definition) is 1. The fraction of sp³-hybridized carbons (Fsp3) is 0.556. The maximum absolute atomic E-state index is 12.6. The smallest absolute Gasteiger partial charge is 0.314 e. The van der Waals surface area contributed by atoms with Crippen LogP contribution in [0.5, 0.6) is 11.5 Å². The second-order valence-corrected chi connectivity index (χ2v) is 6.29. The van der Waals surface area contributed by atoms with Crippen LogP contribution in [0.1, 0.15) is 32.8 Å². The van der Waals surface area contributed by atoms with Crippen LogP contribution < -0.4 is 14.8 Å². The molecule has 3 atom stereocenters. The summed E-state index contributed by atoms with van der Waals surface area (Å²) < 4.78 is 15.6. The lowest BCUT2D eigenvalue weighted by atomic mass is 9.74. The van der Waals surface area contributed by atoms with Gasteiger partial charge in [0, 0.05) is 12.6 Å². The molecule has 24 heavy (non-hydrogen) atoms.